The second kappa shape index (κ2) is 17.3. The molecule has 0 aromatic heterocycles. The van der Waals surface area contributed by atoms with Crippen molar-refractivity contribution in [1.82, 2.24) is 15.1 Å². The molecule has 2 N–H and O–H groups in total. The van der Waals surface area contributed by atoms with Crippen molar-refractivity contribution in [2.24, 2.45) is 23.7 Å². The van der Waals surface area contributed by atoms with Crippen molar-refractivity contribution < 1.29 is 38.5 Å². The SMILES string of the molecule is CC(C)(C)OC(=O)[C@@H](Cc1cccc(CNCc2cccc(C[C@H](C(=O)OC(C)(C)C)[C@H]3CCN(C(=O)OC(C)(C)C)C3)c2)c1)[C@H]1CCN(C(=O)O)C1. The maximum atomic E-state index is 13.6. The first-order valence-corrected chi connectivity index (χ1v) is 18.9. The number of benzene rings is 2. The van der Waals surface area contributed by atoms with E-state index >= 15 is 0 Å². The molecule has 11 heteroatoms. The summed E-state index contributed by atoms with van der Waals surface area (Å²) in [6.45, 7) is 19.6. The van der Waals surface area contributed by atoms with Gasteiger partial charge in [0.15, 0.2) is 0 Å². The van der Waals surface area contributed by atoms with E-state index < -0.39 is 34.7 Å². The molecule has 0 bridgehead atoms. The molecule has 292 valence electrons. The van der Waals surface area contributed by atoms with Crippen LogP contribution in [-0.2, 0) is 49.7 Å². The summed E-state index contributed by atoms with van der Waals surface area (Å²) in [7, 11) is 0. The molecule has 2 aromatic carbocycles. The van der Waals surface area contributed by atoms with Gasteiger partial charge in [0, 0.05) is 39.3 Å². The largest absolute Gasteiger partial charge is 0.465 e. The van der Waals surface area contributed by atoms with Gasteiger partial charge in [0.25, 0.3) is 0 Å². The van der Waals surface area contributed by atoms with Gasteiger partial charge in [-0.3, -0.25) is 9.59 Å². The van der Waals surface area contributed by atoms with Gasteiger partial charge in [-0.1, -0.05) is 48.5 Å². The Morgan fingerprint density at radius 1 is 0.660 bits per heavy atom. The van der Waals surface area contributed by atoms with E-state index in [1.165, 1.54) is 4.90 Å². The smallest absolute Gasteiger partial charge is 0.410 e. The van der Waals surface area contributed by atoms with E-state index in [9.17, 15) is 24.3 Å². The molecular weight excluding hydrogens is 674 g/mol. The summed E-state index contributed by atoms with van der Waals surface area (Å²) < 4.78 is 17.3. The van der Waals surface area contributed by atoms with Gasteiger partial charge in [0.1, 0.15) is 16.8 Å². The fourth-order valence-electron chi connectivity index (χ4n) is 7.13. The lowest BCUT2D eigenvalue weighted by atomic mass is 9.85. The molecule has 0 spiro atoms. The highest BCUT2D eigenvalue weighted by Gasteiger charge is 2.40. The van der Waals surface area contributed by atoms with E-state index in [1.807, 2.05) is 92.6 Å². The van der Waals surface area contributed by atoms with Gasteiger partial charge in [0.05, 0.1) is 11.8 Å². The van der Waals surface area contributed by atoms with E-state index in [4.69, 9.17) is 14.2 Å². The van der Waals surface area contributed by atoms with Crippen LogP contribution in [0.25, 0.3) is 0 Å². The Morgan fingerprint density at radius 2 is 1.06 bits per heavy atom. The summed E-state index contributed by atoms with van der Waals surface area (Å²) in [5.41, 5.74) is 2.32. The lowest BCUT2D eigenvalue weighted by Crippen LogP contribution is -2.38. The summed E-state index contributed by atoms with van der Waals surface area (Å²) >= 11 is 0. The number of nitrogens with zero attached hydrogens (tertiary/aromatic N) is 2. The van der Waals surface area contributed by atoms with Crippen molar-refractivity contribution in [3.8, 4) is 0 Å². The van der Waals surface area contributed by atoms with Gasteiger partial charge in [-0.15, -0.1) is 0 Å². The number of amides is 2. The first kappa shape index (κ1) is 41.6. The summed E-state index contributed by atoms with van der Waals surface area (Å²) in [6.07, 6.45) is 0.978. The molecule has 4 atom stereocenters. The number of hydrogen-bond donors (Lipinski definition) is 2. The standard InChI is InChI=1S/C42H61N3O8/c1-40(2,3)51-36(46)34(32-16-18-44(26-32)38(48)49)22-28-12-10-14-30(20-28)24-43-25-31-15-11-13-29(21-31)23-35(37(47)52-41(4,5)6)33-17-19-45(27-33)39(50)53-42(7,8)9/h10-15,20-21,32-35,43H,16-19,22-27H2,1-9H3,(H,48,49)/t32-,33-,34-,35-/m0/s1. The van der Waals surface area contributed by atoms with E-state index in [-0.39, 0.29) is 29.9 Å². The number of hydrogen-bond acceptors (Lipinski definition) is 8. The van der Waals surface area contributed by atoms with E-state index in [2.05, 4.69) is 23.5 Å². The van der Waals surface area contributed by atoms with E-state index in [0.29, 0.717) is 65.0 Å². The molecule has 2 heterocycles. The number of rotatable bonds is 12. The zero-order chi connectivity index (χ0) is 39.1. The summed E-state index contributed by atoms with van der Waals surface area (Å²) in [6, 6.07) is 16.4. The minimum Gasteiger partial charge on any atom is -0.465 e. The fraction of sp³-hybridized carbons (Fsp3) is 0.619. The number of likely N-dealkylation sites (tertiary alicyclic amines) is 2. The van der Waals surface area contributed by atoms with Gasteiger partial charge in [0.2, 0.25) is 0 Å². The van der Waals surface area contributed by atoms with Gasteiger partial charge in [-0.2, -0.15) is 0 Å². The lowest BCUT2D eigenvalue weighted by Gasteiger charge is -2.28. The predicted molar refractivity (Wildman–Crippen MR) is 203 cm³/mol. The van der Waals surface area contributed by atoms with E-state index in [1.54, 1.807) is 4.90 Å². The van der Waals surface area contributed by atoms with Crippen molar-refractivity contribution in [3.05, 3.63) is 70.8 Å². The summed E-state index contributed by atoms with van der Waals surface area (Å²) in [4.78, 5) is 54.4. The zero-order valence-electron chi connectivity index (χ0n) is 33.2. The number of carbonyl (C=O) groups is 4. The average Bonchev–Trinajstić information content (AvgIpc) is 3.72. The fourth-order valence-corrected chi connectivity index (χ4v) is 7.13. The Bertz CT molecular complexity index is 1590. The van der Waals surface area contributed by atoms with Crippen LogP contribution in [0, 0.1) is 23.7 Å². The third-order valence-electron chi connectivity index (χ3n) is 9.48. The van der Waals surface area contributed by atoms with Crippen molar-refractivity contribution in [3.63, 3.8) is 0 Å². The second-order valence-corrected chi connectivity index (χ2v) is 17.7. The molecule has 0 unspecified atom stereocenters. The minimum atomic E-state index is -0.961. The Balaban J connectivity index is 1.40. The van der Waals surface area contributed by atoms with Crippen LogP contribution in [0.15, 0.2) is 48.5 Å². The van der Waals surface area contributed by atoms with Crippen LogP contribution in [0.3, 0.4) is 0 Å². The normalized spacial score (nSPS) is 19.1. The average molecular weight is 736 g/mol. The Morgan fingerprint density at radius 3 is 1.45 bits per heavy atom. The number of nitrogens with one attached hydrogen (secondary N) is 1. The number of esters is 2. The first-order chi connectivity index (χ1) is 24.7. The zero-order valence-corrected chi connectivity index (χ0v) is 33.2. The van der Waals surface area contributed by atoms with Crippen molar-refractivity contribution in [2.75, 3.05) is 26.2 Å². The molecule has 0 radical (unpaired) electrons. The van der Waals surface area contributed by atoms with Crippen LogP contribution in [-0.4, -0.2) is 82.0 Å². The Hall–Kier alpha value is -4.12. The molecule has 0 saturated carbocycles. The molecule has 2 saturated heterocycles. The third-order valence-corrected chi connectivity index (χ3v) is 9.48. The second-order valence-electron chi connectivity index (χ2n) is 17.7. The Labute approximate surface area is 315 Å². The maximum absolute atomic E-state index is 13.6. The molecule has 4 rings (SSSR count). The van der Waals surface area contributed by atoms with Crippen LogP contribution in [0.5, 0.6) is 0 Å². The van der Waals surface area contributed by atoms with Gasteiger partial charge >= 0.3 is 24.1 Å². The molecule has 2 aliphatic heterocycles. The number of carboxylic acid groups (broad SMARTS) is 1. The van der Waals surface area contributed by atoms with Crippen LogP contribution < -0.4 is 5.32 Å². The van der Waals surface area contributed by atoms with Crippen molar-refractivity contribution >= 4 is 24.1 Å². The first-order valence-electron chi connectivity index (χ1n) is 18.9. The van der Waals surface area contributed by atoms with Gasteiger partial charge in [-0.05, 0) is 122 Å². The molecule has 2 aliphatic rings. The van der Waals surface area contributed by atoms with Crippen LogP contribution in [0.4, 0.5) is 9.59 Å². The third kappa shape index (κ3) is 13.4. The molecule has 53 heavy (non-hydrogen) atoms. The lowest BCUT2D eigenvalue weighted by molar-refractivity contribution is -0.163. The van der Waals surface area contributed by atoms with Crippen LogP contribution in [0.2, 0.25) is 0 Å². The molecule has 0 aliphatic carbocycles. The summed E-state index contributed by atoms with van der Waals surface area (Å²) in [5.74, 6) is -1.56. The van der Waals surface area contributed by atoms with Crippen molar-refractivity contribution in [1.29, 1.82) is 0 Å². The highest BCUT2D eigenvalue weighted by Crippen LogP contribution is 2.32. The highest BCUT2D eigenvalue weighted by molar-refractivity contribution is 5.75. The van der Waals surface area contributed by atoms with Crippen molar-refractivity contribution in [2.45, 2.75) is 118 Å². The number of ether oxygens (including phenoxy) is 3. The maximum Gasteiger partial charge on any atom is 0.410 e. The van der Waals surface area contributed by atoms with E-state index in [0.717, 1.165) is 22.3 Å². The quantitative estimate of drug-likeness (QED) is 0.171. The minimum absolute atomic E-state index is 0.0499. The van der Waals surface area contributed by atoms with Gasteiger partial charge in [-0.25, -0.2) is 9.59 Å². The predicted octanol–water partition coefficient (Wildman–Crippen LogP) is 7.23. The monoisotopic (exact) mass is 735 g/mol. The highest BCUT2D eigenvalue weighted by atomic mass is 16.6. The molecular formula is C42H61N3O8. The van der Waals surface area contributed by atoms with Gasteiger partial charge < -0.3 is 34.4 Å². The van der Waals surface area contributed by atoms with Crippen LogP contribution in [0.1, 0.15) is 97.4 Å². The van der Waals surface area contributed by atoms with Crippen LogP contribution >= 0.6 is 0 Å². The molecule has 2 amide bonds. The number of carbonyl (C=O) groups excluding carboxylic acids is 3. The summed E-state index contributed by atoms with van der Waals surface area (Å²) in [5, 5.41) is 13.0. The topological polar surface area (TPSA) is 135 Å². The molecule has 11 nitrogen and oxygen atoms in total. The Kier molecular flexibility index (Phi) is 13.6. The molecule has 2 aromatic rings. The molecule has 2 fully saturated rings.